The third-order valence-electron chi connectivity index (χ3n) is 7.58. The summed E-state index contributed by atoms with van der Waals surface area (Å²) in [6.07, 6.45) is 8.12. The quantitative estimate of drug-likeness (QED) is 0.146. The lowest BCUT2D eigenvalue weighted by Gasteiger charge is -2.31. The molecule has 10 nitrogen and oxygen atoms in total. The molecule has 2 unspecified atom stereocenters. The number of hydrogen-bond donors (Lipinski definition) is 0. The second-order valence-electron chi connectivity index (χ2n) is 11.2. The van der Waals surface area contributed by atoms with Gasteiger partial charge in [0.05, 0.1) is 36.0 Å². The smallest absolute Gasteiger partial charge is 0.350 e. The normalized spacial score (nSPS) is 20.4. The fourth-order valence-electron chi connectivity index (χ4n) is 5.44. The zero-order chi connectivity index (χ0) is 29.9. The van der Waals surface area contributed by atoms with Gasteiger partial charge < -0.3 is 41.7 Å². The number of methoxy groups -OCH3 is 1. The average Bonchev–Trinajstić information content (AvgIpc) is 3.69. The van der Waals surface area contributed by atoms with Crippen LogP contribution in [0.2, 0.25) is 0 Å². The molecule has 0 bridgehead atoms. The van der Waals surface area contributed by atoms with Crippen molar-refractivity contribution in [3.63, 3.8) is 0 Å². The van der Waals surface area contributed by atoms with Gasteiger partial charge in [0.15, 0.2) is 22.5 Å². The minimum Gasteiger partial charge on any atom is -0.495 e. The molecule has 2 aliphatic heterocycles. The first kappa shape index (κ1) is 27.2. The lowest BCUT2D eigenvalue weighted by atomic mass is 10.0. The lowest BCUT2D eigenvalue weighted by Crippen LogP contribution is -2.39. The van der Waals surface area contributed by atoms with Crippen LogP contribution < -0.4 is 24.6 Å². The van der Waals surface area contributed by atoms with E-state index in [1.807, 2.05) is 52.0 Å². The van der Waals surface area contributed by atoms with Crippen LogP contribution in [0.5, 0.6) is 23.0 Å². The van der Waals surface area contributed by atoms with E-state index < -0.39 is 23.3 Å². The predicted molar refractivity (Wildman–Crippen MR) is 158 cm³/mol. The SMILES string of the molecule is COc1c2ccoc2c(OCC2OC3(C=Cc4cc5ccoc5c(OCC=C(C)C)c4O3)OC2(C)C)c2oc(=O)ccc12. The minimum atomic E-state index is -1.55. The van der Waals surface area contributed by atoms with Crippen LogP contribution in [0.25, 0.3) is 39.0 Å². The van der Waals surface area contributed by atoms with E-state index in [2.05, 4.69) is 0 Å². The Bertz CT molecular complexity index is 1980. The largest absolute Gasteiger partial charge is 0.495 e. The van der Waals surface area contributed by atoms with E-state index in [1.54, 1.807) is 31.6 Å². The van der Waals surface area contributed by atoms with Crippen molar-refractivity contribution >= 4 is 39.0 Å². The summed E-state index contributed by atoms with van der Waals surface area (Å²) in [6.45, 7) is 8.15. The molecule has 43 heavy (non-hydrogen) atoms. The van der Waals surface area contributed by atoms with Crippen LogP contribution in [0.4, 0.5) is 0 Å². The molecule has 0 saturated carbocycles. The van der Waals surface area contributed by atoms with Crippen LogP contribution in [0.1, 0.15) is 33.3 Å². The second kappa shape index (κ2) is 9.96. The molecule has 222 valence electrons. The van der Waals surface area contributed by atoms with Gasteiger partial charge in [0.2, 0.25) is 11.5 Å². The number of fused-ring (bicyclic) bond motifs is 4. The molecule has 5 aromatic rings. The Labute approximate surface area is 245 Å². The van der Waals surface area contributed by atoms with Crippen molar-refractivity contribution < 1.29 is 41.7 Å². The summed E-state index contributed by atoms with van der Waals surface area (Å²) in [4.78, 5) is 12.2. The molecule has 0 radical (unpaired) electrons. The van der Waals surface area contributed by atoms with Crippen LogP contribution >= 0.6 is 0 Å². The third kappa shape index (κ3) is 4.54. The van der Waals surface area contributed by atoms with Gasteiger partial charge in [-0.3, -0.25) is 0 Å². The van der Waals surface area contributed by atoms with Gasteiger partial charge in [-0.25, -0.2) is 4.79 Å². The molecule has 1 spiro atoms. The molecule has 0 aliphatic carbocycles. The maximum absolute atomic E-state index is 12.2. The van der Waals surface area contributed by atoms with Crippen molar-refractivity contribution in [3.8, 4) is 23.0 Å². The van der Waals surface area contributed by atoms with E-state index in [0.717, 1.165) is 16.5 Å². The van der Waals surface area contributed by atoms with E-state index in [1.165, 1.54) is 12.3 Å². The van der Waals surface area contributed by atoms with Crippen LogP contribution in [0, 0.1) is 0 Å². The topological polar surface area (TPSA) is 112 Å². The predicted octanol–water partition coefficient (Wildman–Crippen LogP) is 6.97. The number of rotatable bonds is 7. The molecular weight excluding hydrogens is 556 g/mol. The molecule has 5 heterocycles. The van der Waals surface area contributed by atoms with E-state index in [-0.39, 0.29) is 17.9 Å². The second-order valence-corrected chi connectivity index (χ2v) is 11.2. The van der Waals surface area contributed by atoms with Gasteiger partial charge >= 0.3 is 11.6 Å². The number of ether oxygens (including phenoxy) is 6. The first-order valence-corrected chi connectivity index (χ1v) is 13.9. The average molecular weight is 587 g/mol. The van der Waals surface area contributed by atoms with Crippen LogP contribution in [0.3, 0.4) is 0 Å². The lowest BCUT2D eigenvalue weighted by molar-refractivity contribution is -0.271. The Morgan fingerprint density at radius 3 is 2.56 bits per heavy atom. The van der Waals surface area contributed by atoms with Crippen molar-refractivity contribution in [2.45, 2.75) is 45.4 Å². The molecule has 0 N–H and O–H groups in total. The fourth-order valence-corrected chi connectivity index (χ4v) is 5.44. The zero-order valence-electron chi connectivity index (χ0n) is 24.3. The van der Waals surface area contributed by atoms with Gasteiger partial charge in [-0.05, 0) is 64.1 Å². The summed E-state index contributed by atoms with van der Waals surface area (Å²) in [7, 11) is 1.54. The van der Waals surface area contributed by atoms with Crippen molar-refractivity contribution in [2.24, 2.45) is 0 Å². The van der Waals surface area contributed by atoms with Crippen LogP contribution in [-0.2, 0) is 9.47 Å². The summed E-state index contributed by atoms with van der Waals surface area (Å²) in [5.74, 6) is 0.137. The first-order chi connectivity index (χ1) is 20.7. The molecule has 0 amide bonds. The van der Waals surface area contributed by atoms with Gasteiger partial charge in [-0.1, -0.05) is 5.57 Å². The third-order valence-corrected chi connectivity index (χ3v) is 7.58. The first-order valence-electron chi connectivity index (χ1n) is 13.9. The summed E-state index contributed by atoms with van der Waals surface area (Å²) >= 11 is 0. The summed E-state index contributed by atoms with van der Waals surface area (Å²) in [5.41, 5.74) is 1.70. The highest BCUT2D eigenvalue weighted by atomic mass is 16.9. The molecule has 7 rings (SSSR count). The number of furan rings is 2. The Morgan fingerprint density at radius 2 is 1.74 bits per heavy atom. The van der Waals surface area contributed by atoms with Crippen molar-refractivity contribution in [1.29, 1.82) is 0 Å². The van der Waals surface area contributed by atoms with E-state index in [9.17, 15) is 4.79 Å². The molecular formula is C33H30O10. The number of allylic oxidation sites excluding steroid dienone is 1. The maximum atomic E-state index is 12.2. The Kier molecular flexibility index (Phi) is 6.30. The molecule has 3 aromatic heterocycles. The van der Waals surface area contributed by atoms with Gasteiger partial charge in [0.1, 0.15) is 25.1 Å². The molecule has 2 aliphatic rings. The number of benzene rings is 2. The summed E-state index contributed by atoms with van der Waals surface area (Å²) < 4.78 is 54.4. The van der Waals surface area contributed by atoms with Crippen molar-refractivity contribution in [3.05, 3.63) is 76.6 Å². The van der Waals surface area contributed by atoms with Gasteiger partial charge in [0.25, 0.3) is 0 Å². The molecule has 2 aromatic carbocycles. The fraction of sp³-hybridized carbons (Fsp3) is 0.303. The summed E-state index contributed by atoms with van der Waals surface area (Å²) in [5, 5.41) is 2.14. The summed E-state index contributed by atoms with van der Waals surface area (Å²) in [6, 6.07) is 8.58. The van der Waals surface area contributed by atoms with Crippen molar-refractivity contribution in [2.75, 3.05) is 20.3 Å². The van der Waals surface area contributed by atoms with Gasteiger partial charge in [-0.2, -0.15) is 0 Å². The Balaban J connectivity index is 1.21. The number of hydrogen-bond acceptors (Lipinski definition) is 10. The molecule has 10 heteroatoms. The monoisotopic (exact) mass is 586 g/mol. The van der Waals surface area contributed by atoms with E-state index in [4.69, 9.17) is 41.7 Å². The highest BCUT2D eigenvalue weighted by molar-refractivity contribution is 6.06. The van der Waals surface area contributed by atoms with Crippen LogP contribution in [-0.4, -0.2) is 38.0 Å². The Morgan fingerprint density at radius 1 is 0.953 bits per heavy atom. The van der Waals surface area contributed by atoms with Gasteiger partial charge in [0, 0.05) is 23.1 Å². The van der Waals surface area contributed by atoms with Crippen molar-refractivity contribution in [1.82, 2.24) is 0 Å². The molecule has 1 fully saturated rings. The van der Waals surface area contributed by atoms with Crippen LogP contribution in [0.15, 0.2) is 78.6 Å². The maximum Gasteiger partial charge on any atom is 0.350 e. The molecule has 2 atom stereocenters. The minimum absolute atomic E-state index is 0.0236. The highest BCUT2D eigenvalue weighted by Crippen LogP contribution is 2.49. The highest BCUT2D eigenvalue weighted by Gasteiger charge is 2.55. The Hall–Kier alpha value is -4.67. The van der Waals surface area contributed by atoms with Gasteiger partial charge in [-0.15, -0.1) is 0 Å². The zero-order valence-corrected chi connectivity index (χ0v) is 24.3. The van der Waals surface area contributed by atoms with E-state index in [0.29, 0.717) is 45.8 Å². The standard InChI is InChI=1S/C33H30O10/c1-18(2)9-13-38-30-25-20(10-14-36-25)16-19-8-12-33(42-26(19)30)41-23(32(3,4)43-33)17-39-31-28-22(11-15-37-28)27(35-5)21-6-7-24(34)40-29(21)31/h6-12,14-16,23H,13,17H2,1-5H3. The molecule has 1 saturated heterocycles. The van der Waals surface area contributed by atoms with E-state index >= 15 is 0 Å².